The molecule has 0 bridgehead atoms. The summed E-state index contributed by atoms with van der Waals surface area (Å²) in [4.78, 5) is 3.73. The molecule has 2 aromatic carbocycles. The Morgan fingerprint density at radius 2 is 1.75 bits per heavy atom. The van der Waals surface area contributed by atoms with Crippen LogP contribution in [0.25, 0.3) is 0 Å². The molecule has 146 valence electrons. The summed E-state index contributed by atoms with van der Waals surface area (Å²) in [6.07, 6.45) is 1.51. The SMILES string of the molecule is CCOc1ccc(Oc2cc(CNS(=O)(=O)c3ccccc3F)ccn2)cc1. The van der Waals surface area contributed by atoms with Crippen LogP contribution in [0.15, 0.2) is 71.8 Å². The Morgan fingerprint density at radius 1 is 1.04 bits per heavy atom. The first kappa shape index (κ1) is 19.8. The number of ether oxygens (including phenoxy) is 2. The maximum absolute atomic E-state index is 13.7. The van der Waals surface area contributed by atoms with Gasteiger partial charge in [0, 0.05) is 18.8 Å². The van der Waals surface area contributed by atoms with Crippen molar-refractivity contribution in [2.75, 3.05) is 6.61 Å². The van der Waals surface area contributed by atoms with Gasteiger partial charge in [-0.2, -0.15) is 0 Å². The van der Waals surface area contributed by atoms with Crippen LogP contribution < -0.4 is 14.2 Å². The molecule has 0 aliphatic heterocycles. The highest BCUT2D eigenvalue weighted by Gasteiger charge is 2.18. The summed E-state index contributed by atoms with van der Waals surface area (Å²) in [5, 5.41) is 0. The number of pyridine rings is 1. The van der Waals surface area contributed by atoms with E-state index in [0.717, 1.165) is 11.8 Å². The molecule has 1 heterocycles. The van der Waals surface area contributed by atoms with Crippen LogP contribution in [-0.4, -0.2) is 20.0 Å². The van der Waals surface area contributed by atoms with Gasteiger partial charge in [-0.05, 0) is 55.0 Å². The smallest absolute Gasteiger partial charge is 0.243 e. The standard InChI is InChI=1S/C20H19FN2O4S/c1-2-26-16-7-9-17(10-8-16)27-20-13-15(11-12-22-20)14-23-28(24,25)19-6-4-3-5-18(19)21/h3-13,23H,2,14H2,1H3. The van der Waals surface area contributed by atoms with E-state index in [2.05, 4.69) is 9.71 Å². The summed E-state index contributed by atoms with van der Waals surface area (Å²) >= 11 is 0. The van der Waals surface area contributed by atoms with E-state index in [1.165, 1.54) is 24.4 Å². The molecule has 0 amide bonds. The Kier molecular flexibility index (Phi) is 6.23. The van der Waals surface area contributed by atoms with Gasteiger partial charge in [0.05, 0.1) is 6.61 Å². The maximum atomic E-state index is 13.7. The van der Waals surface area contributed by atoms with Crippen molar-refractivity contribution in [2.24, 2.45) is 0 Å². The second kappa shape index (κ2) is 8.81. The Labute approximate surface area is 163 Å². The van der Waals surface area contributed by atoms with Crippen LogP contribution in [-0.2, 0) is 16.6 Å². The minimum absolute atomic E-state index is 0.0289. The van der Waals surface area contributed by atoms with E-state index in [1.807, 2.05) is 6.92 Å². The molecule has 28 heavy (non-hydrogen) atoms. The largest absolute Gasteiger partial charge is 0.494 e. The van der Waals surface area contributed by atoms with Gasteiger partial charge in [0.2, 0.25) is 15.9 Å². The third kappa shape index (κ3) is 5.05. The topological polar surface area (TPSA) is 77.5 Å². The van der Waals surface area contributed by atoms with Gasteiger partial charge < -0.3 is 9.47 Å². The third-order valence-electron chi connectivity index (χ3n) is 3.75. The minimum atomic E-state index is -3.97. The Morgan fingerprint density at radius 3 is 2.46 bits per heavy atom. The number of hydrogen-bond donors (Lipinski definition) is 1. The number of nitrogens with one attached hydrogen (secondary N) is 1. The average Bonchev–Trinajstić information content (AvgIpc) is 2.69. The second-order valence-corrected chi connectivity index (χ2v) is 7.50. The van der Waals surface area contributed by atoms with Crippen molar-refractivity contribution in [3.63, 3.8) is 0 Å². The van der Waals surface area contributed by atoms with Crippen LogP contribution in [0.1, 0.15) is 12.5 Å². The fraction of sp³-hybridized carbons (Fsp3) is 0.150. The van der Waals surface area contributed by atoms with Crippen LogP contribution in [0, 0.1) is 5.82 Å². The lowest BCUT2D eigenvalue weighted by Gasteiger charge is -2.10. The van der Waals surface area contributed by atoms with Crippen molar-refractivity contribution in [1.29, 1.82) is 0 Å². The zero-order chi connectivity index (χ0) is 20.0. The highest BCUT2D eigenvalue weighted by molar-refractivity contribution is 7.89. The molecule has 1 aromatic heterocycles. The molecular formula is C20H19FN2O4S. The summed E-state index contributed by atoms with van der Waals surface area (Å²) in [7, 11) is -3.97. The van der Waals surface area contributed by atoms with E-state index in [-0.39, 0.29) is 6.54 Å². The van der Waals surface area contributed by atoms with Crippen molar-refractivity contribution < 1.29 is 22.3 Å². The summed E-state index contributed by atoms with van der Waals surface area (Å²) < 4.78 is 51.7. The average molecular weight is 402 g/mol. The van der Waals surface area contributed by atoms with Crippen molar-refractivity contribution in [1.82, 2.24) is 9.71 Å². The molecule has 0 saturated heterocycles. The number of aromatic nitrogens is 1. The van der Waals surface area contributed by atoms with E-state index in [4.69, 9.17) is 9.47 Å². The molecular weight excluding hydrogens is 383 g/mol. The predicted octanol–water partition coefficient (Wildman–Crippen LogP) is 3.89. The molecule has 6 nitrogen and oxygen atoms in total. The molecule has 0 spiro atoms. The number of hydrogen-bond acceptors (Lipinski definition) is 5. The van der Waals surface area contributed by atoms with Crippen molar-refractivity contribution >= 4 is 10.0 Å². The fourth-order valence-corrected chi connectivity index (χ4v) is 3.52. The molecule has 0 radical (unpaired) electrons. The molecule has 0 fully saturated rings. The van der Waals surface area contributed by atoms with Crippen LogP contribution in [0.4, 0.5) is 4.39 Å². The van der Waals surface area contributed by atoms with Gasteiger partial charge in [0.15, 0.2) is 0 Å². The van der Waals surface area contributed by atoms with Gasteiger partial charge >= 0.3 is 0 Å². The zero-order valence-corrected chi connectivity index (χ0v) is 15.9. The van der Waals surface area contributed by atoms with Crippen LogP contribution in [0.3, 0.4) is 0 Å². The van der Waals surface area contributed by atoms with E-state index >= 15 is 0 Å². The van der Waals surface area contributed by atoms with Crippen LogP contribution >= 0.6 is 0 Å². The Hall–Kier alpha value is -2.97. The summed E-state index contributed by atoms with van der Waals surface area (Å²) in [6, 6.07) is 15.5. The van der Waals surface area contributed by atoms with Gasteiger partial charge in [0.1, 0.15) is 22.2 Å². The number of nitrogens with zero attached hydrogens (tertiary/aromatic N) is 1. The predicted molar refractivity (Wildman–Crippen MR) is 102 cm³/mol. The molecule has 3 rings (SSSR count). The van der Waals surface area contributed by atoms with E-state index in [9.17, 15) is 12.8 Å². The lowest BCUT2D eigenvalue weighted by molar-refractivity contribution is 0.339. The first-order valence-corrected chi connectivity index (χ1v) is 10.1. The van der Waals surface area contributed by atoms with E-state index in [0.29, 0.717) is 23.8 Å². The molecule has 0 aliphatic carbocycles. The quantitative estimate of drug-likeness (QED) is 0.619. The molecule has 1 N–H and O–H groups in total. The number of sulfonamides is 1. The fourth-order valence-electron chi connectivity index (χ4n) is 2.43. The second-order valence-electron chi connectivity index (χ2n) is 5.76. The Bertz CT molecular complexity index is 1040. The molecule has 3 aromatic rings. The van der Waals surface area contributed by atoms with Crippen molar-refractivity contribution in [3.8, 4) is 17.4 Å². The lowest BCUT2D eigenvalue weighted by Crippen LogP contribution is -2.24. The monoisotopic (exact) mass is 402 g/mol. The minimum Gasteiger partial charge on any atom is -0.494 e. The van der Waals surface area contributed by atoms with Gasteiger partial charge in [0.25, 0.3) is 0 Å². The number of rotatable bonds is 8. The lowest BCUT2D eigenvalue weighted by atomic mass is 10.3. The van der Waals surface area contributed by atoms with Gasteiger partial charge in [-0.3, -0.25) is 0 Å². The first-order chi connectivity index (χ1) is 13.5. The molecule has 0 aliphatic rings. The highest BCUT2D eigenvalue weighted by atomic mass is 32.2. The zero-order valence-electron chi connectivity index (χ0n) is 15.1. The van der Waals surface area contributed by atoms with Gasteiger partial charge in [-0.15, -0.1) is 0 Å². The van der Waals surface area contributed by atoms with Crippen LogP contribution in [0.5, 0.6) is 17.4 Å². The Balaban J connectivity index is 1.67. The molecule has 0 saturated carbocycles. The van der Waals surface area contributed by atoms with Gasteiger partial charge in [-0.1, -0.05) is 12.1 Å². The summed E-state index contributed by atoms with van der Waals surface area (Å²) in [5.74, 6) is 0.815. The van der Waals surface area contributed by atoms with Crippen LogP contribution in [0.2, 0.25) is 0 Å². The maximum Gasteiger partial charge on any atom is 0.243 e. The van der Waals surface area contributed by atoms with E-state index < -0.39 is 20.7 Å². The number of benzene rings is 2. The molecule has 0 unspecified atom stereocenters. The number of halogens is 1. The van der Waals surface area contributed by atoms with Crippen molar-refractivity contribution in [3.05, 3.63) is 78.2 Å². The molecule has 0 atom stereocenters. The van der Waals surface area contributed by atoms with Gasteiger partial charge in [-0.25, -0.2) is 22.5 Å². The summed E-state index contributed by atoms with van der Waals surface area (Å²) in [6.45, 7) is 2.45. The highest BCUT2D eigenvalue weighted by Crippen LogP contribution is 2.23. The normalized spacial score (nSPS) is 11.2. The summed E-state index contributed by atoms with van der Waals surface area (Å²) in [5.41, 5.74) is 0.621. The van der Waals surface area contributed by atoms with Crippen molar-refractivity contribution in [2.45, 2.75) is 18.4 Å². The van der Waals surface area contributed by atoms with E-state index in [1.54, 1.807) is 36.4 Å². The third-order valence-corrected chi connectivity index (χ3v) is 5.18. The molecule has 8 heteroatoms. The first-order valence-electron chi connectivity index (χ1n) is 8.58.